The molecule has 0 unspecified atom stereocenters. The predicted octanol–water partition coefficient (Wildman–Crippen LogP) is 3.10. The van der Waals surface area contributed by atoms with Crippen LogP contribution in [0.2, 0.25) is 0 Å². The van der Waals surface area contributed by atoms with E-state index in [1.165, 1.54) is 6.33 Å². The van der Waals surface area contributed by atoms with Gasteiger partial charge in [-0.2, -0.15) is 5.10 Å². The largest absolute Gasteiger partial charge is 0.454 e. The topological polar surface area (TPSA) is 80.3 Å². The molecule has 0 saturated carbocycles. The van der Waals surface area contributed by atoms with Gasteiger partial charge in [0.15, 0.2) is 16.7 Å². The van der Waals surface area contributed by atoms with Crippen LogP contribution >= 0.6 is 11.8 Å². The van der Waals surface area contributed by atoms with Crippen molar-refractivity contribution in [1.29, 1.82) is 0 Å². The van der Waals surface area contributed by atoms with Crippen LogP contribution in [-0.4, -0.2) is 39.8 Å². The number of benzene rings is 2. The van der Waals surface area contributed by atoms with Crippen LogP contribution in [-0.2, 0) is 12.3 Å². The van der Waals surface area contributed by atoms with Crippen LogP contribution in [0.3, 0.4) is 0 Å². The molecular formula is C19H18N4O3S. The van der Waals surface area contributed by atoms with Gasteiger partial charge in [-0.15, -0.1) is 0 Å². The number of nitrogens with zero attached hydrogens (tertiary/aromatic N) is 3. The second-order valence-corrected chi connectivity index (χ2v) is 7.09. The molecule has 3 aromatic rings. The first-order valence-corrected chi connectivity index (χ1v) is 9.39. The minimum Gasteiger partial charge on any atom is -0.454 e. The summed E-state index contributed by atoms with van der Waals surface area (Å²) in [5, 5.41) is 7.41. The molecular weight excluding hydrogens is 364 g/mol. The molecule has 1 aliphatic rings. The van der Waals surface area contributed by atoms with Gasteiger partial charge in [-0.25, -0.2) is 4.98 Å². The monoisotopic (exact) mass is 382 g/mol. The van der Waals surface area contributed by atoms with Gasteiger partial charge in [0.2, 0.25) is 6.79 Å². The number of nitrogens with one attached hydrogen (secondary N) is 1. The van der Waals surface area contributed by atoms with E-state index in [0.29, 0.717) is 12.1 Å². The molecule has 2 aromatic carbocycles. The quantitative estimate of drug-likeness (QED) is 0.660. The summed E-state index contributed by atoms with van der Waals surface area (Å²) in [6, 6.07) is 13.4. The van der Waals surface area contributed by atoms with Crippen molar-refractivity contribution in [2.45, 2.75) is 17.5 Å². The van der Waals surface area contributed by atoms with Gasteiger partial charge in [0.1, 0.15) is 6.33 Å². The molecule has 0 saturated heterocycles. The number of rotatable bonds is 6. The maximum Gasteiger partial charge on any atom is 0.253 e. The van der Waals surface area contributed by atoms with Crippen molar-refractivity contribution in [3.05, 3.63) is 65.5 Å². The van der Waals surface area contributed by atoms with E-state index in [-0.39, 0.29) is 12.7 Å². The number of amides is 1. The lowest BCUT2D eigenvalue weighted by Gasteiger charge is -2.18. The van der Waals surface area contributed by atoms with Crippen LogP contribution in [0.15, 0.2) is 53.9 Å². The lowest BCUT2D eigenvalue weighted by molar-refractivity contribution is 0.0785. The third-order valence-corrected chi connectivity index (χ3v) is 5.12. The van der Waals surface area contributed by atoms with Crippen molar-refractivity contribution in [3.8, 4) is 11.5 Å². The first-order valence-electron chi connectivity index (χ1n) is 8.40. The second-order valence-electron chi connectivity index (χ2n) is 6.13. The molecule has 1 aromatic heterocycles. The highest BCUT2D eigenvalue weighted by atomic mass is 32.2. The minimum atomic E-state index is -0.0258. The lowest BCUT2D eigenvalue weighted by atomic mass is 10.1. The fraction of sp³-hybridized carbons (Fsp3) is 0.211. The first kappa shape index (κ1) is 17.4. The molecule has 0 atom stereocenters. The normalized spacial score (nSPS) is 12.2. The molecule has 1 N–H and O–H groups in total. The molecule has 27 heavy (non-hydrogen) atoms. The zero-order chi connectivity index (χ0) is 18.6. The van der Waals surface area contributed by atoms with Crippen molar-refractivity contribution in [3.63, 3.8) is 0 Å². The number of hydrogen-bond acceptors (Lipinski definition) is 6. The van der Waals surface area contributed by atoms with Gasteiger partial charge in [-0.05, 0) is 35.4 Å². The van der Waals surface area contributed by atoms with Crippen LogP contribution in [0.25, 0.3) is 0 Å². The van der Waals surface area contributed by atoms with E-state index in [0.717, 1.165) is 33.5 Å². The highest BCUT2D eigenvalue weighted by molar-refractivity contribution is 7.98. The van der Waals surface area contributed by atoms with Gasteiger partial charge in [0, 0.05) is 24.9 Å². The Morgan fingerprint density at radius 3 is 2.70 bits per heavy atom. The lowest BCUT2D eigenvalue weighted by Crippen LogP contribution is -2.26. The second kappa shape index (κ2) is 7.71. The van der Waals surface area contributed by atoms with Crippen molar-refractivity contribution >= 4 is 17.7 Å². The van der Waals surface area contributed by atoms with E-state index >= 15 is 0 Å². The van der Waals surface area contributed by atoms with E-state index in [1.54, 1.807) is 23.7 Å². The molecule has 138 valence electrons. The number of aromatic amines is 1. The van der Waals surface area contributed by atoms with E-state index in [1.807, 2.05) is 42.5 Å². The standard InChI is InChI=1S/C19H18N4O3S/c1-23(9-14-4-7-16-17(8-14)26-12-25-16)18(24)15-5-2-13(3-6-15)10-27-19-20-11-21-22-19/h2-8,11H,9-10,12H2,1H3,(H,20,21,22). The Labute approximate surface area is 160 Å². The molecule has 0 bridgehead atoms. The SMILES string of the molecule is CN(Cc1ccc2c(c1)OCO2)C(=O)c1ccc(CSc2ncn[nH]2)cc1. The minimum absolute atomic E-state index is 0.0258. The predicted molar refractivity (Wildman–Crippen MR) is 101 cm³/mol. The summed E-state index contributed by atoms with van der Waals surface area (Å²) in [4.78, 5) is 18.5. The Bertz CT molecular complexity index is 929. The molecule has 7 nitrogen and oxygen atoms in total. The van der Waals surface area contributed by atoms with E-state index < -0.39 is 0 Å². The van der Waals surface area contributed by atoms with Gasteiger partial charge in [-0.3, -0.25) is 9.89 Å². The van der Waals surface area contributed by atoms with Crippen molar-refractivity contribution in [2.75, 3.05) is 13.8 Å². The number of hydrogen-bond donors (Lipinski definition) is 1. The number of ether oxygens (including phenoxy) is 2. The average Bonchev–Trinajstić information content (AvgIpc) is 3.37. The zero-order valence-electron chi connectivity index (χ0n) is 14.7. The highest BCUT2D eigenvalue weighted by Crippen LogP contribution is 2.32. The van der Waals surface area contributed by atoms with Gasteiger partial charge in [0.25, 0.3) is 5.91 Å². The summed E-state index contributed by atoms with van der Waals surface area (Å²) in [6.07, 6.45) is 1.49. The zero-order valence-corrected chi connectivity index (χ0v) is 15.5. The van der Waals surface area contributed by atoms with Crippen LogP contribution in [0, 0.1) is 0 Å². The van der Waals surface area contributed by atoms with E-state index in [9.17, 15) is 4.79 Å². The molecule has 4 rings (SSSR count). The van der Waals surface area contributed by atoms with Crippen LogP contribution in [0.1, 0.15) is 21.5 Å². The Kier molecular flexibility index (Phi) is 4.97. The Morgan fingerprint density at radius 1 is 1.15 bits per heavy atom. The molecule has 0 fully saturated rings. The molecule has 0 spiro atoms. The molecule has 1 amide bonds. The highest BCUT2D eigenvalue weighted by Gasteiger charge is 2.16. The van der Waals surface area contributed by atoms with Crippen molar-refractivity contribution in [2.24, 2.45) is 0 Å². The smallest absolute Gasteiger partial charge is 0.253 e. The number of H-pyrrole nitrogens is 1. The summed E-state index contributed by atoms with van der Waals surface area (Å²) in [7, 11) is 1.79. The fourth-order valence-corrected chi connectivity index (χ4v) is 3.50. The molecule has 1 aliphatic heterocycles. The summed E-state index contributed by atoms with van der Waals surface area (Å²) in [6.45, 7) is 0.743. The average molecular weight is 382 g/mol. The summed E-state index contributed by atoms with van der Waals surface area (Å²) in [5.74, 6) is 2.20. The van der Waals surface area contributed by atoms with Crippen molar-refractivity contribution in [1.82, 2.24) is 20.1 Å². The Morgan fingerprint density at radius 2 is 1.93 bits per heavy atom. The number of aromatic nitrogens is 3. The summed E-state index contributed by atoms with van der Waals surface area (Å²) in [5.41, 5.74) is 2.77. The van der Waals surface area contributed by atoms with E-state index in [4.69, 9.17) is 9.47 Å². The van der Waals surface area contributed by atoms with Gasteiger partial charge < -0.3 is 14.4 Å². The maximum atomic E-state index is 12.7. The molecule has 8 heteroatoms. The van der Waals surface area contributed by atoms with Gasteiger partial charge >= 0.3 is 0 Å². The number of fused-ring (bicyclic) bond motifs is 1. The number of carbonyl (C=O) groups excluding carboxylic acids is 1. The fourth-order valence-electron chi connectivity index (χ4n) is 2.76. The summed E-state index contributed by atoms with van der Waals surface area (Å²) < 4.78 is 10.7. The molecule has 2 heterocycles. The molecule has 0 aliphatic carbocycles. The first-order chi connectivity index (χ1) is 13.2. The maximum absolute atomic E-state index is 12.7. The van der Waals surface area contributed by atoms with Crippen LogP contribution in [0.5, 0.6) is 11.5 Å². The van der Waals surface area contributed by atoms with Gasteiger partial charge in [-0.1, -0.05) is 30.0 Å². The van der Waals surface area contributed by atoms with Crippen LogP contribution < -0.4 is 9.47 Å². The van der Waals surface area contributed by atoms with Crippen molar-refractivity contribution < 1.29 is 14.3 Å². The number of thioether (sulfide) groups is 1. The number of carbonyl (C=O) groups is 1. The van der Waals surface area contributed by atoms with Gasteiger partial charge in [0.05, 0.1) is 0 Å². The molecule has 0 radical (unpaired) electrons. The van der Waals surface area contributed by atoms with Crippen LogP contribution in [0.4, 0.5) is 0 Å². The summed E-state index contributed by atoms with van der Waals surface area (Å²) >= 11 is 1.57. The van der Waals surface area contributed by atoms with E-state index in [2.05, 4.69) is 15.2 Å². The Hall–Kier alpha value is -3.00. The third kappa shape index (κ3) is 4.06. The third-order valence-electron chi connectivity index (χ3n) is 4.17. The Balaban J connectivity index is 1.36.